The van der Waals surface area contributed by atoms with Crippen molar-refractivity contribution in [1.29, 1.82) is 0 Å². The summed E-state index contributed by atoms with van der Waals surface area (Å²) in [5.74, 6) is 1.42. The molecule has 0 radical (unpaired) electrons. The van der Waals surface area contributed by atoms with Crippen LogP contribution in [0.25, 0.3) is 0 Å². The van der Waals surface area contributed by atoms with Crippen molar-refractivity contribution >= 4 is 23.0 Å². The third kappa shape index (κ3) is 3.05. The van der Waals surface area contributed by atoms with Crippen molar-refractivity contribution < 1.29 is 0 Å². The summed E-state index contributed by atoms with van der Waals surface area (Å²) < 4.78 is 0. The first-order valence-corrected chi connectivity index (χ1v) is 7.70. The van der Waals surface area contributed by atoms with Gasteiger partial charge in [0.1, 0.15) is 12.0 Å². The quantitative estimate of drug-likeness (QED) is 0.753. The summed E-state index contributed by atoms with van der Waals surface area (Å²) in [5.41, 5.74) is 14.0. The van der Waals surface area contributed by atoms with Crippen molar-refractivity contribution in [1.82, 2.24) is 9.97 Å². The molecule has 0 amide bonds. The summed E-state index contributed by atoms with van der Waals surface area (Å²) in [6.45, 7) is 3.21. The van der Waals surface area contributed by atoms with Gasteiger partial charge in [0.05, 0.1) is 5.69 Å². The molecule has 3 rings (SSSR count). The van der Waals surface area contributed by atoms with Crippen molar-refractivity contribution in [2.24, 2.45) is 0 Å². The molecule has 0 saturated carbocycles. The van der Waals surface area contributed by atoms with Gasteiger partial charge in [-0.1, -0.05) is 18.2 Å². The number of benzene rings is 1. The average molecular weight is 298 g/mol. The highest BCUT2D eigenvalue weighted by Crippen LogP contribution is 2.30. The second-order valence-electron chi connectivity index (χ2n) is 5.61. The fourth-order valence-electron chi connectivity index (χ4n) is 2.78. The van der Waals surface area contributed by atoms with Gasteiger partial charge in [0.25, 0.3) is 0 Å². The van der Waals surface area contributed by atoms with E-state index in [0.29, 0.717) is 17.5 Å². The molecular weight excluding hydrogens is 276 g/mol. The normalized spacial score (nSPS) is 18.0. The van der Waals surface area contributed by atoms with E-state index in [4.69, 9.17) is 5.73 Å². The topological polar surface area (TPSA) is 79.1 Å². The highest BCUT2D eigenvalue weighted by atomic mass is 15.4. The molecule has 1 aliphatic heterocycles. The van der Waals surface area contributed by atoms with Gasteiger partial charge >= 0.3 is 0 Å². The number of anilines is 4. The summed E-state index contributed by atoms with van der Waals surface area (Å²) in [7, 11) is 0. The largest absolute Gasteiger partial charge is 0.393 e. The van der Waals surface area contributed by atoms with Crippen LogP contribution in [0.3, 0.4) is 0 Å². The zero-order valence-corrected chi connectivity index (χ0v) is 12.8. The standard InChI is InChI=1S/C16H22N6/c1-12-7-5-6-10-22(12)16-14(17)15(18-11-19-16)21-20-13-8-3-2-4-9-13/h2-4,8-9,11-12,20H,5-7,10,17H2,1H3,(H,18,19,21). The maximum absolute atomic E-state index is 6.27. The SMILES string of the molecule is CC1CCCCN1c1ncnc(NNc2ccccc2)c1N. The smallest absolute Gasteiger partial charge is 0.173 e. The Morgan fingerprint density at radius 1 is 1.14 bits per heavy atom. The van der Waals surface area contributed by atoms with E-state index < -0.39 is 0 Å². The number of piperidine rings is 1. The highest BCUT2D eigenvalue weighted by Gasteiger charge is 2.22. The van der Waals surface area contributed by atoms with Crippen molar-refractivity contribution in [3.05, 3.63) is 36.7 Å². The summed E-state index contributed by atoms with van der Waals surface area (Å²) >= 11 is 0. The molecule has 1 aliphatic rings. The molecule has 1 aromatic heterocycles. The van der Waals surface area contributed by atoms with E-state index in [1.807, 2.05) is 30.3 Å². The van der Waals surface area contributed by atoms with E-state index in [0.717, 1.165) is 18.1 Å². The van der Waals surface area contributed by atoms with Gasteiger partial charge < -0.3 is 10.6 Å². The van der Waals surface area contributed by atoms with E-state index in [9.17, 15) is 0 Å². The van der Waals surface area contributed by atoms with Crippen LogP contribution < -0.4 is 21.5 Å². The van der Waals surface area contributed by atoms with Gasteiger partial charge in [0.15, 0.2) is 11.6 Å². The molecule has 0 aliphatic carbocycles. The minimum absolute atomic E-state index is 0.459. The fraction of sp³-hybridized carbons (Fsp3) is 0.375. The van der Waals surface area contributed by atoms with Crippen LogP contribution in [0, 0.1) is 0 Å². The zero-order valence-electron chi connectivity index (χ0n) is 12.8. The van der Waals surface area contributed by atoms with Crippen molar-refractivity contribution in [3.8, 4) is 0 Å². The van der Waals surface area contributed by atoms with Crippen molar-refractivity contribution in [3.63, 3.8) is 0 Å². The number of hydrazine groups is 1. The first-order chi connectivity index (χ1) is 10.8. The molecule has 1 fully saturated rings. The first kappa shape index (κ1) is 14.4. The van der Waals surface area contributed by atoms with E-state index in [-0.39, 0.29) is 0 Å². The average Bonchev–Trinajstić information content (AvgIpc) is 2.56. The number of hydrogen-bond acceptors (Lipinski definition) is 6. The van der Waals surface area contributed by atoms with Gasteiger partial charge in [-0.05, 0) is 38.3 Å². The van der Waals surface area contributed by atoms with Crippen LogP contribution in [-0.4, -0.2) is 22.6 Å². The number of rotatable bonds is 4. The highest BCUT2D eigenvalue weighted by molar-refractivity contribution is 5.76. The van der Waals surface area contributed by atoms with Crippen molar-refractivity contribution in [2.45, 2.75) is 32.2 Å². The molecule has 22 heavy (non-hydrogen) atoms. The Morgan fingerprint density at radius 3 is 2.73 bits per heavy atom. The molecular formula is C16H22N6. The number of nitrogens with two attached hydrogens (primary N) is 1. The number of aromatic nitrogens is 2. The Hall–Kier alpha value is -2.50. The number of para-hydroxylation sites is 1. The molecule has 2 aromatic rings. The van der Waals surface area contributed by atoms with Crippen LogP contribution in [0.4, 0.5) is 23.0 Å². The first-order valence-electron chi connectivity index (χ1n) is 7.70. The Bertz CT molecular complexity index is 615. The summed E-state index contributed by atoms with van der Waals surface area (Å²) in [6.07, 6.45) is 5.18. The lowest BCUT2D eigenvalue weighted by atomic mass is 10.0. The summed E-state index contributed by atoms with van der Waals surface area (Å²) in [6, 6.07) is 10.3. The van der Waals surface area contributed by atoms with Crippen LogP contribution in [0.15, 0.2) is 36.7 Å². The lowest BCUT2D eigenvalue weighted by molar-refractivity contribution is 0.481. The van der Waals surface area contributed by atoms with E-state index >= 15 is 0 Å². The molecule has 116 valence electrons. The second kappa shape index (κ2) is 6.51. The van der Waals surface area contributed by atoms with E-state index in [2.05, 4.69) is 32.6 Å². The predicted molar refractivity (Wildman–Crippen MR) is 90.8 cm³/mol. The molecule has 1 atom stereocenters. The Kier molecular flexibility index (Phi) is 4.27. The number of hydrogen-bond donors (Lipinski definition) is 3. The fourth-order valence-corrected chi connectivity index (χ4v) is 2.78. The Labute approximate surface area is 130 Å². The van der Waals surface area contributed by atoms with Crippen LogP contribution in [-0.2, 0) is 0 Å². The van der Waals surface area contributed by atoms with Gasteiger partial charge in [-0.15, -0.1) is 0 Å². The van der Waals surface area contributed by atoms with Gasteiger partial charge in [-0.25, -0.2) is 9.97 Å². The maximum atomic E-state index is 6.27. The van der Waals surface area contributed by atoms with Gasteiger partial charge in [0, 0.05) is 12.6 Å². The zero-order chi connectivity index (χ0) is 15.4. The molecule has 0 spiro atoms. The van der Waals surface area contributed by atoms with Gasteiger partial charge in [-0.2, -0.15) is 0 Å². The molecule has 6 heteroatoms. The molecule has 2 heterocycles. The number of nitrogens with one attached hydrogen (secondary N) is 2. The van der Waals surface area contributed by atoms with Crippen LogP contribution in [0.2, 0.25) is 0 Å². The molecule has 1 unspecified atom stereocenters. The van der Waals surface area contributed by atoms with Crippen LogP contribution in [0.1, 0.15) is 26.2 Å². The second-order valence-corrected chi connectivity index (χ2v) is 5.61. The van der Waals surface area contributed by atoms with Crippen molar-refractivity contribution in [2.75, 3.05) is 28.0 Å². The molecule has 1 saturated heterocycles. The Balaban J connectivity index is 1.77. The Morgan fingerprint density at radius 2 is 1.95 bits per heavy atom. The molecule has 6 nitrogen and oxygen atoms in total. The lowest BCUT2D eigenvalue weighted by Gasteiger charge is -2.35. The molecule has 4 N–H and O–H groups in total. The number of nitrogens with zero attached hydrogens (tertiary/aromatic N) is 3. The van der Waals surface area contributed by atoms with Crippen LogP contribution in [0.5, 0.6) is 0 Å². The lowest BCUT2D eigenvalue weighted by Crippen LogP contribution is -2.38. The van der Waals surface area contributed by atoms with Gasteiger partial charge in [-0.3, -0.25) is 10.9 Å². The third-order valence-corrected chi connectivity index (χ3v) is 4.04. The van der Waals surface area contributed by atoms with E-state index in [1.54, 1.807) is 6.33 Å². The summed E-state index contributed by atoms with van der Waals surface area (Å²) in [4.78, 5) is 10.9. The third-order valence-electron chi connectivity index (χ3n) is 4.04. The van der Waals surface area contributed by atoms with Gasteiger partial charge in [0.2, 0.25) is 0 Å². The minimum Gasteiger partial charge on any atom is -0.393 e. The number of nitrogen functional groups attached to an aromatic ring is 1. The summed E-state index contributed by atoms with van der Waals surface area (Å²) in [5, 5.41) is 0. The molecule has 0 bridgehead atoms. The van der Waals surface area contributed by atoms with Crippen LogP contribution >= 0.6 is 0 Å². The minimum atomic E-state index is 0.459. The maximum Gasteiger partial charge on any atom is 0.173 e. The van der Waals surface area contributed by atoms with E-state index in [1.165, 1.54) is 19.3 Å². The predicted octanol–water partition coefficient (Wildman–Crippen LogP) is 2.88. The molecule has 1 aromatic carbocycles. The monoisotopic (exact) mass is 298 g/mol.